The highest BCUT2D eigenvalue weighted by molar-refractivity contribution is 9.10. The molecule has 2 amide bonds. The number of rotatable bonds is 3. The first-order chi connectivity index (χ1) is 9.97. The molecular weight excluding hydrogens is 358 g/mol. The summed E-state index contributed by atoms with van der Waals surface area (Å²) in [6, 6.07) is 8.31. The van der Waals surface area contributed by atoms with Crippen LogP contribution >= 0.6 is 27.5 Å². The maximum absolute atomic E-state index is 11.9. The van der Waals surface area contributed by atoms with Crippen LogP contribution in [0.25, 0.3) is 0 Å². The standard InChI is InChI=1S/C14H13BrClN3O2/c1-19-8-10(15)6-12(13(19)20)18-14(21)17-7-9-4-2-3-5-11(9)16/h2-6,8H,7H2,1H3,(H2,17,18,21). The Morgan fingerprint density at radius 2 is 2.10 bits per heavy atom. The zero-order chi connectivity index (χ0) is 15.4. The lowest BCUT2D eigenvalue weighted by Crippen LogP contribution is -2.32. The first kappa shape index (κ1) is 15.6. The third-order valence-corrected chi connectivity index (χ3v) is 3.60. The van der Waals surface area contributed by atoms with E-state index in [0.717, 1.165) is 5.56 Å². The molecule has 2 aromatic rings. The van der Waals surface area contributed by atoms with Gasteiger partial charge in [-0.15, -0.1) is 0 Å². The fourth-order valence-corrected chi connectivity index (χ4v) is 2.48. The largest absolute Gasteiger partial charge is 0.334 e. The number of carbonyl (C=O) groups excluding carboxylic acids is 1. The Hall–Kier alpha value is -1.79. The topological polar surface area (TPSA) is 63.1 Å². The van der Waals surface area contributed by atoms with E-state index in [1.807, 2.05) is 18.2 Å². The average molecular weight is 371 g/mol. The van der Waals surface area contributed by atoms with Crippen LogP contribution in [0.4, 0.5) is 10.5 Å². The highest BCUT2D eigenvalue weighted by Crippen LogP contribution is 2.14. The number of nitrogens with one attached hydrogen (secondary N) is 2. The number of hydrogen-bond donors (Lipinski definition) is 2. The molecule has 0 saturated heterocycles. The van der Waals surface area contributed by atoms with Crippen molar-refractivity contribution in [2.45, 2.75) is 6.54 Å². The van der Waals surface area contributed by atoms with Crippen molar-refractivity contribution >= 4 is 39.2 Å². The molecule has 2 rings (SSSR count). The summed E-state index contributed by atoms with van der Waals surface area (Å²) >= 11 is 9.28. The fraction of sp³-hybridized carbons (Fsp3) is 0.143. The summed E-state index contributed by atoms with van der Waals surface area (Å²) in [6.45, 7) is 0.278. The van der Waals surface area contributed by atoms with Gasteiger partial charge in [0.25, 0.3) is 5.56 Å². The maximum atomic E-state index is 11.9. The van der Waals surface area contributed by atoms with Gasteiger partial charge in [0, 0.05) is 29.3 Å². The smallest absolute Gasteiger partial charge is 0.319 e. The molecule has 0 unspecified atom stereocenters. The van der Waals surface area contributed by atoms with Crippen molar-refractivity contribution in [2.75, 3.05) is 5.32 Å². The molecule has 1 heterocycles. The second-order valence-electron chi connectivity index (χ2n) is 4.39. The minimum Gasteiger partial charge on any atom is -0.334 e. The van der Waals surface area contributed by atoms with Gasteiger partial charge in [0.15, 0.2) is 0 Å². The van der Waals surface area contributed by atoms with E-state index in [9.17, 15) is 9.59 Å². The molecule has 0 aliphatic carbocycles. The number of pyridine rings is 1. The number of halogens is 2. The fourth-order valence-electron chi connectivity index (χ4n) is 1.74. The van der Waals surface area contributed by atoms with Crippen molar-refractivity contribution in [2.24, 2.45) is 7.05 Å². The molecule has 0 spiro atoms. The number of anilines is 1. The SMILES string of the molecule is Cn1cc(Br)cc(NC(=O)NCc2ccccc2Cl)c1=O. The summed E-state index contributed by atoms with van der Waals surface area (Å²) in [4.78, 5) is 23.7. The first-order valence-corrected chi connectivity index (χ1v) is 7.29. The number of aryl methyl sites for hydroxylation is 1. The van der Waals surface area contributed by atoms with Gasteiger partial charge in [-0.1, -0.05) is 29.8 Å². The molecule has 21 heavy (non-hydrogen) atoms. The van der Waals surface area contributed by atoms with Crippen LogP contribution in [0.5, 0.6) is 0 Å². The molecule has 0 atom stereocenters. The molecule has 0 fully saturated rings. The van der Waals surface area contributed by atoms with Gasteiger partial charge in [-0.05, 0) is 33.6 Å². The van der Waals surface area contributed by atoms with E-state index >= 15 is 0 Å². The van der Waals surface area contributed by atoms with Gasteiger partial charge in [0.1, 0.15) is 5.69 Å². The zero-order valence-electron chi connectivity index (χ0n) is 11.2. The third-order valence-electron chi connectivity index (χ3n) is 2.80. The Balaban J connectivity index is 2.03. The molecule has 0 saturated carbocycles. The average Bonchev–Trinajstić information content (AvgIpc) is 2.43. The number of benzene rings is 1. The molecule has 0 aliphatic rings. The lowest BCUT2D eigenvalue weighted by atomic mass is 10.2. The highest BCUT2D eigenvalue weighted by atomic mass is 79.9. The Morgan fingerprint density at radius 3 is 2.81 bits per heavy atom. The summed E-state index contributed by atoms with van der Waals surface area (Å²) < 4.78 is 2.08. The van der Waals surface area contributed by atoms with Gasteiger partial charge >= 0.3 is 6.03 Å². The van der Waals surface area contributed by atoms with Crippen molar-refractivity contribution in [3.8, 4) is 0 Å². The van der Waals surface area contributed by atoms with Crippen molar-refractivity contribution < 1.29 is 4.79 Å². The monoisotopic (exact) mass is 369 g/mol. The Kier molecular flexibility index (Phi) is 5.03. The van der Waals surface area contributed by atoms with E-state index < -0.39 is 6.03 Å². The third kappa shape index (κ3) is 4.09. The molecule has 0 radical (unpaired) electrons. The van der Waals surface area contributed by atoms with Crippen LogP contribution in [0.1, 0.15) is 5.56 Å². The minimum atomic E-state index is -0.467. The van der Waals surface area contributed by atoms with Crippen LogP contribution in [0.15, 0.2) is 45.8 Å². The number of urea groups is 1. The van der Waals surface area contributed by atoms with Crippen LogP contribution in [0, 0.1) is 0 Å². The van der Waals surface area contributed by atoms with E-state index in [4.69, 9.17) is 11.6 Å². The van der Waals surface area contributed by atoms with Crippen LogP contribution in [0.2, 0.25) is 5.02 Å². The van der Waals surface area contributed by atoms with Crippen LogP contribution in [0.3, 0.4) is 0 Å². The second kappa shape index (κ2) is 6.78. The number of hydrogen-bond acceptors (Lipinski definition) is 2. The molecular formula is C14H13BrClN3O2. The van der Waals surface area contributed by atoms with Gasteiger partial charge in [-0.25, -0.2) is 4.79 Å². The Labute approximate surface area is 135 Å². The maximum Gasteiger partial charge on any atom is 0.319 e. The number of nitrogens with zero attached hydrogens (tertiary/aromatic N) is 1. The van der Waals surface area contributed by atoms with E-state index in [1.165, 1.54) is 4.57 Å². The lowest BCUT2D eigenvalue weighted by Gasteiger charge is -2.09. The van der Waals surface area contributed by atoms with Gasteiger partial charge in [0.05, 0.1) is 0 Å². The van der Waals surface area contributed by atoms with Crippen molar-refractivity contribution in [1.82, 2.24) is 9.88 Å². The van der Waals surface area contributed by atoms with Gasteiger partial charge in [0.2, 0.25) is 0 Å². The second-order valence-corrected chi connectivity index (χ2v) is 5.71. The number of aromatic nitrogens is 1. The van der Waals surface area contributed by atoms with Crippen LogP contribution < -0.4 is 16.2 Å². The highest BCUT2D eigenvalue weighted by Gasteiger charge is 2.08. The summed E-state index contributed by atoms with van der Waals surface area (Å²) in [5, 5.41) is 5.76. The first-order valence-electron chi connectivity index (χ1n) is 6.12. The summed E-state index contributed by atoms with van der Waals surface area (Å²) in [6.07, 6.45) is 1.62. The molecule has 2 N–H and O–H groups in total. The van der Waals surface area contributed by atoms with Crippen molar-refractivity contribution in [3.63, 3.8) is 0 Å². The summed E-state index contributed by atoms with van der Waals surface area (Å²) in [7, 11) is 1.61. The Bertz CT molecular complexity index is 730. The molecule has 0 aliphatic heterocycles. The van der Waals surface area contributed by atoms with Gasteiger partial charge in [-0.2, -0.15) is 0 Å². The summed E-state index contributed by atoms with van der Waals surface area (Å²) in [5.41, 5.74) is 0.714. The molecule has 110 valence electrons. The quantitative estimate of drug-likeness (QED) is 0.872. The predicted molar refractivity (Wildman–Crippen MR) is 86.7 cm³/mol. The predicted octanol–water partition coefficient (Wildman–Crippen LogP) is 3.12. The van der Waals surface area contributed by atoms with Crippen molar-refractivity contribution in [1.29, 1.82) is 0 Å². The summed E-state index contributed by atoms with van der Waals surface area (Å²) in [5.74, 6) is 0. The van der Waals surface area contributed by atoms with Gasteiger partial charge in [-0.3, -0.25) is 4.79 Å². The normalized spacial score (nSPS) is 10.2. The molecule has 1 aromatic carbocycles. The molecule has 5 nitrogen and oxygen atoms in total. The zero-order valence-corrected chi connectivity index (χ0v) is 13.5. The molecule has 1 aromatic heterocycles. The molecule has 0 bridgehead atoms. The van der Waals surface area contributed by atoms with Crippen molar-refractivity contribution in [3.05, 3.63) is 61.9 Å². The number of carbonyl (C=O) groups is 1. The lowest BCUT2D eigenvalue weighted by molar-refractivity contribution is 0.251. The van der Waals surface area contributed by atoms with E-state index in [-0.39, 0.29) is 17.8 Å². The molecule has 7 heteroatoms. The Morgan fingerprint density at radius 1 is 1.38 bits per heavy atom. The van der Waals surface area contributed by atoms with E-state index in [2.05, 4.69) is 26.6 Å². The number of amides is 2. The minimum absolute atomic E-state index is 0.198. The van der Waals surface area contributed by atoms with Gasteiger partial charge < -0.3 is 15.2 Å². The van der Waals surface area contributed by atoms with Crippen LogP contribution in [-0.2, 0) is 13.6 Å². The van der Waals surface area contributed by atoms with E-state index in [0.29, 0.717) is 9.50 Å². The van der Waals surface area contributed by atoms with E-state index in [1.54, 1.807) is 25.4 Å². The van der Waals surface area contributed by atoms with Crippen LogP contribution in [-0.4, -0.2) is 10.6 Å².